The van der Waals surface area contributed by atoms with Gasteiger partial charge in [-0.3, -0.25) is 9.59 Å². The van der Waals surface area contributed by atoms with Gasteiger partial charge in [-0.25, -0.2) is 0 Å². The number of nitrogens with one attached hydrogen (secondary N) is 1. The fraction of sp³-hybridized carbons (Fsp3) is 0.391. The maximum atomic E-state index is 13.3. The molecule has 1 atom stereocenters. The first-order valence-corrected chi connectivity index (χ1v) is 10.7. The number of amides is 2. The lowest BCUT2D eigenvalue weighted by atomic mass is 10.0. The van der Waals surface area contributed by atoms with Crippen LogP contribution in [-0.4, -0.2) is 29.3 Å². The average molecular weight is 435 g/mol. The molecule has 0 heterocycles. The van der Waals surface area contributed by atoms with Crippen molar-refractivity contribution >= 4 is 35.0 Å². The van der Waals surface area contributed by atoms with Crippen molar-refractivity contribution in [2.45, 2.75) is 52.6 Å². The zero-order chi connectivity index (χ0) is 21.4. The summed E-state index contributed by atoms with van der Waals surface area (Å²) in [5.74, 6) is -0.240. The topological polar surface area (TPSA) is 49.4 Å². The van der Waals surface area contributed by atoms with E-state index >= 15 is 0 Å². The summed E-state index contributed by atoms with van der Waals surface area (Å²) in [4.78, 5) is 27.7. The molecule has 0 spiro atoms. The van der Waals surface area contributed by atoms with Gasteiger partial charge in [0, 0.05) is 13.1 Å². The SMILES string of the molecule is CCCNC(=O)C(CC)N(Cc1ccccc1C)C(=O)Cc1ccc(Cl)c(Cl)c1. The molecular formula is C23H28Cl2N2O2. The van der Waals surface area contributed by atoms with Crippen molar-refractivity contribution in [2.75, 3.05) is 6.54 Å². The predicted molar refractivity (Wildman–Crippen MR) is 119 cm³/mol. The Kier molecular flexibility index (Phi) is 8.99. The third kappa shape index (κ3) is 6.48. The molecule has 2 amide bonds. The Balaban J connectivity index is 2.30. The summed E-state index contributed by atoms with van der Waals surface area (Å²) in [6.45, 7) is 6.91. The van der Waals surface area contributed by atoms with Crippen molar-refractivity contribution in [3.63, 3.8) is 0 Å². The van der Waals surface area contributed by atoms with E-state index in [1.165, 1.54) is 0 Å². The molecule has 29 heavy (non-hydrogen) atoms. The van der Waals surface area contributed by atoms with Crippen molar-refractivity contribution in [2.24, 2.45) is 0 Å². The quantitative estimate of drug-likeness (QED) is 0.590. The second-order valence-electron chi connectivity index (χ2n) is 7.09. The van der Waals surface area contributed by atoms with Crippen molar-refractivity contribution in [1.29, 1.82) is 0 Å². The molecule has 2 aromatic carbocycles. The van der Waals surface area contributed by atoms with Gasteiger partial charge in [-0.05, 0) is 48.6 Å². The van der Waals surface area contributed by atoms with Crippen molar-refractivity contribution in [3.8, 4) is 0 Å². The number of aryl methyl sites for hydroxylation is 1. The molecule has 0 aliphatic carbocycles. The number of nitrogens with zero attached hydrogens (tertiary/aromatic N) is 1. The van der Waals surface area contributed by atoms with Crippen LogP contribution in [0.4, 0.5) is 0 Å². The Morgan fingerprint density at radius 3 is 2.41 bits per heavy atom. The molecule has 0 aromatic heterocycles. The van der Waals surface area contributed by atoms with E-state index < -0.39 is 6.04 Å². The zero-order valence-electron chi connectivity index (χ0n) is 17.2. The molecule has 4 nitrogen and oxygen atoms in total. The molecule has 0 saturated carbocycles. The highest BCUT2D eigenvalue weighted by Gasteiger charge is 2.28. The molecular weight excluding hydrogens is 407 g/mol. The fourth-order valence-corrected chi connectivity index (χ4v) is 3.50. The first-order valence-electron chi connectivity index (χ1n) is 9.92. The Morgan fingerprint density at radius 2 is 1.79 bits per heavy atom. The minimum Gasteiger partial charge on any atom is -0.354 e. The molecule has 0 saturated heterocycles. The molecule has 156 valence electrons. The first-order chi connectivity index (χ1) is 13.9. The van der Waals surface area contributed by atoms with Gasteiger partial charge in [0.05, 0.1) is 16.5 Å². The smallest absolute Gasteiger partial charge is 0.242 e. The Morgan fingerprint density at radius 1 is 1.07 bits per heavy atom. The minimum atomic E-state index is -0.531. The lowest BCUT2D eigenvalue weighted by Crippen LogP contribution is -2.49. The highest BCUT2D eigenvalue weighted by atomic mass is 35.5. The van der Waals surface area contributed by atoms with Crippen LogP contribution in [0, 0.1) is 6.92 Å². The van der Waals surface area contributed by atoms with E-state index in [2.05, 4.69) is 5.32 Å². The van der Waals surface area contributed by atoms with Gasteiger partial charge in [-0.1, -0.05) is 67.4 Å². The van der Waals surface area contributed by atoms with E-state index in [9.17, 15) is 9.59 Å². The van der Waals surface area contributed by atoms with Gasteiger partial charge >= 0.3 is 0 Å². The van der Waals surface area contributed by atoms with Gasteiger partial charge in [-0.2, -0.15) is 0 Å². The lowest BCUT2D eigenvalue weighted by molar-refractivity contribution is -0.140. The Hall–Kier alpha value is -2.04. The van der Waals surface area contributed by atoms with Gasteiger partial charge in [0.15, 0.2) is 0 Å². The number of halogens is 2. The van der Waals surface area contributed by atoms with Crippen LogP contribution in [0.1, 0.15) is 43.4 Å². The van der Waals surface area contributed by atoms with Gasteiger partial charge in [0.2, 0.25) is 11.8 Å². The van der Waals surface area contributed by atoms with Crippen molar-refractivity contribution in [1.82, 2.24) is 10.2 Å². The summed E-state index contributed by atoms with van der Waals surface area (Å²) in [7, 11) is 0. The molecule has 2 aromatic rings. The third-order valence-corrected chi connectivity index (χ3v) is 5.62. The first kappa shape index (κ1) is 23.2. The Labute approximate surface area is 183 Å². The number of hydrogen-bond acceptors (Lipinski definition) is 2. The van der Waals surface area contributed by atoms with Gasteiger partial charge in [-0.15, -0.1) is 0 Å². The third-order valence-electron chi connectivity index (χ3n) is 4.88. The molecule has 1 N–H and O–H groups in total. The van der Waals surface area contributed by atoms with E-state index in [4.69, 9.17) is 23.2 Å². The maximum Gasteiger partial charge on any atom is 0.242 e. The molecule has 0 radical (unpaired) electrons. The molecule has 0 fully saturated rings. The van der Waals surface area contributed by atoms with E-state index in [0.717, 1.165) is 23.1 Å². The standard InChI is InChI=1S/C23H28Cl2N2O2/c1-4-12-26-23(29)21(5-2)27(15-18-9-7-6-8-16(18)3)22(28)14-17-10-11-19(24)20(25)13-17/h6-11,13,21H,4-5,12,14-15H2,1-3H3,(H,26,29). The fourth-order valence-electron chi connectivity index (χ4n) is 3.18. The highest BCUT2D eigenvalue weighted by molar-refractivity contribution is 6.42. The number of hydrogen-bond donors (Lipinski definition) is 1. The number of rotatable bonds is 9. The minimum absolute atomic E-state index is 0.120. The van der Waals surface area contributed by atoms with E-state index in [1.54, 1.807) is 23.1 Å². The molecule has 0 aliphatic heterocycles. The lowest BCUT2D eigenvalue weighted by Gasteiger charge is -2.31. The second-order valence-corrected chi connectivity index (χ2v) is 7.90. The molecule has 0 bridgehead atoms. The van der Waals surface area contributed by atoms with Crippen LogP contribution >= 0.6 is 23.2 Å². The van der Waals surface area contributed by atoms with Crippen molar-refractivity contribution in [3.05, 3.63) is 69.2 Å². The molecule has 6 heteroatoms. The van der Waals surface area contributed by atoms with Crippen LogP contribution in [0.15, 0.2) is 42.5 Å². The van der Waals surface area contributed by atoms with Crippen LogP contribution in [-0.2, 0) is 22.6 Å². The van der Waals surface area contributed by atoms with Crippen molar-refractivity contribution < 1.29 is 9.59 Å². The molecule has 1 unspecified atom stereocenters. The summed E-state index contributed by atoms with van der Waals surface area (Å²) < 4.78 is 0. The zero-order valence-corrected chi connectivity index (χ0v) is 18.7. The van der Waals surface area contributed by atoms with Crippen LogP contribution in [0.25, 0.3) is 0 Å². The van der Waals surface area contributed by atoms with Gasteiger partial charge in [0.1, 0.15) is 6.04 Å². The van der Waals surface area contributed by atoms with E-state index in [0.29, 0.717) is 29.6 Å². The summed E-state index contributed by atoms with van der Waals surface area (Å²) in [5.41, 5.74) is 2.88. The van der Waals surface area contributed by atoms with Crippen LogP contribution in [0.2, 0.25) is 10.0 Å². The van der Waals surface area contributed by atoms with Crippen LogP contribution < -0.4 is 5.32 Å². The second kappa shape index (κ2) is 11.2. The van der Waals surface area contributed by atoms with Gasteiger partial charge < -0.3 is 10.2 Å². The molecule has 2 rings (SSSR count). The van der Waals surface area contributed by atoms with Crippen LogP contribution in [0.5, 0.6) is 0 Å². The summed E-state index contributed by atoms with van der Waals surface area (Å²) in [5, 5.41) is 3.79. The summed E-state index contributed by atoms with van der Waals surface area (Å²) in [6.07, 6.45) is 1.53. The number of carbonyl (C=O) groups excluding carboxylic acids is 2. The summed E-state index contributed by atoms with van der Waals surface area (Å²) >= 11 is 12.1. The number of benzene rings is 2. The monoisotopic (exact) mass is 434 g/mol. The maximum absolute atomic E-state index is 13.3. The molecule has 0 aliphatic rings. The summed E-state index contributed by atoms with van der Waals surface area (Å²) in [6, 6.07) is 12.6. The highest BCUT2D eigenvalue weighted by Crippen LogP contribution is 2.24. The van der Waals surface area contributed by atoms with Gasteiger partial charge in [0.25, 0.3) is 0 Å². The average Bonchev–Trinajstić information content (AvgIpc) is 2.70. The normalized spacial score (nSPS) is 11.8. The van der Waals surface area contributed by atoms with E-state index in [-0.39, 0.29) is 18.2 Å². The largest absolute Gasteiger partial charge is 0.354 e. The Bertz CT molecular complexity index is 855. The van der Waals surface area contributed by atoms with Crippen LogP contribution in [0.3, 0.4) is 0 Å². The van der Waals surface area contributed by atoms with E-state index in [1.807, 2.05) is 45.0 Å². The predicted octanol–water partition coefficient (Wildman–Crippen LogP) is 5.18. The number of carbonyl (C=O) groups is 2.